The lowest BCUT2D eigenvalue weighted by molar-refractivity contribution is -0.123. The lowest BCUT2D eigenvalue weighted by Crippen LogP contribution is -2.47. The van der Waals surface area contributed by atoms with E-state index in [0.717, 1.165) is 24.8 Å². The lowest BCUT2D eigenvalue weighted by Gasteiger charge is -2.52. The van der Waals surface area contributed by atoms with Crippen molar-refractivity contribution in [1.82, 2.24) is 0 Å². The molecule has 6 nitrogen and oxygen atoms in total. The average molecular weight is 573 g/mol. The number of ether oxygens (including phenoxy) is 2. The van der Waals surface area contributed by atoms with Crippen LogP contribution in [-0.4, -0.2) is 35.3 Å². The van der Waals surface area contributed by atoms with E-state index in [0.29, 0.717) is 28.9 Å². The molecule has 3 aliphatic rings. The maximum absolute atomic E-state index is 14.1. The predicted octanol–water partition coefficient (Wildman–Crippen LogP) is 8.13. The number of aliphatic hydroxyl groups excluding tert-OH is 1. The van der Waals surface area contributed by atoms with E-state index in [-0.39, 0.29) is 46.7 Å². The molecule has 5 rings (SSSR count). The van der Waals surface area contributed by atoms with Crippen LogP contribution in [-0.2, 0) is 4.79 Å². The van der Waals surface area contributed by atoms with Crippen molar-refractivity contribution in [3.8, 4) is 23.0 Å². The van der Waals surface area contributed by atoms with E-state index in [4.69, 9.17) is 9.47 Å². The van der Waals surface area contributed by atoms with Gasteiger partial charge in [0.1, 0.15) is 5.76 Å². The SMILES string of the molecule is COc1cc(/C=C/C(O)=C/C(=O)[C@H]2C3C=C(C)C(C[C@@H]3[C@@H](C)CCC=C(C)C)[C@@H]2c2ccc(O)c(OC)c2)ccc1O. The van der Waals surface area contributed by atoms with Crippen molar-refractivity contribution in [2.75, 3.05) is 14.2 Å². The Hall–Kier alpha value is -3.93. The quantitative estimate of drug-likeness (QED) is 0.109. The van der Waals surface area contributed by atoms with Gasteiger partial charge in [-0.05, 0) is 105 Å². The summed E-state index contributed by atoms with van der Waals surface area (Å²) >= 11 is 0. The van der Waals surface area contributed by atoms with Crippen molar-refractivity contribution < 1.29 is 29.6 Å². The number of aromatic hydroxyl groups is 2. The van der Waals surface area contributed by atoms with Gasteiger partial charge in [-0.15, -0.1) is 0 Å². The van der Waals surface area contributed by atoms with Crippen molar-refractivity contribution in [2.24, 2.45) is 29.6 Å². The summed E-state index contributed by atoms with van der Waals surface area (Å²) in [7, 11) is 3.00. The van der Waals surface area contributed by atoms with Crippen molar-refractivity contribution in [2.45, 2.75) is 52.9 Å². The summed E-state index contributed by atoms with van der Waals surface area (Å²) in [5.74, 6) is 1.09. The van der Waals surface area contributed by atoms with Crippen LogP contribution in [0.3, 0.4) is 0 Å². The number of methoxy groups -OCH3 is 2. The first-order valence-corrected chi connectivity index (χ1v) is 14.7. The largest absolute Gasteiger partial charge is 0.508 e. The predicted molar refractivity (Wildman–Crippen MR) is 167 cm³/mol. The summed E-state index contributed by atoms with van der Waals surface area (Å²) in [6.45, 7) is 8.70. The lowest BCUT2D eigenvalue weighted by atomic mass is 9.51. The number of phenolic OH excluding ortho intramolecular Hbond substituents is 2. The van der Waals surface area contributed by atoms with Crippen LogP contribution in [0.4, 0.5) is 0 Å². The van der Waals surface area contributed by atoms with Crippen molar-refractivity contribution in [3.05, 3.63) is 88.7 Å². The van der Waals surface area contributed by atoms with Crippen LogP contribution >= 0.6 is 0 Å². The molecule has 42 heavy (non-hydrogen) atoms. The van der Waals surface area contributed by atoms with Gasteiger partial charge >= 0.3 is 0 Å². The molecule has 2 bridgehead atoms. The van der Waals surface area contributed by atoms with Gasteiger partial charge in [-0.3, -0.25) is 4.79 Å². The zero-order chi connectivity index (χ0) is 30.6. The van der Waals surface area contributed by atoms with Crippen LogP contribution in [0.1, 0.15) is 64.0 Å². The van der Waals surface area contributed by atoms with E-state index in [2.05, 4.69) is 39.8 Å². The molecule has 0 amide bonds. The third kappa shape index (κ3) is 6.75. The maximum atomic E-state index is 14.1. The number of allylic oxidation sites excluding steroid dienone is 6. The summed E-state index contributed by atoms with van der Waals surface area (Å²) in [6, 6.07) is 10.3. The molecule has 2 unspecified atom stereocenters. The van der Waals surface area contributed by atoms with Crippen molar-refractivity contribution >= 4 is 11.9 Å². The Morgan fingerprint density at radius 2 is 1.71 bits per heavy atom. The third-order valence-electron chi connectivity index (χ3n) is 9.06. The molecule has 0 spiro atoms. The second kappa shape index (κ2) is 13.4. The van der Waals surface area contributed by atoms with E-state index >= 15 is 0 Å². The fraction of sp³-hybridized carbons (Fsp3) is 0.417. The average Bonchev–Trinajstić information content (AvgIpc) is 2.96. The molecule has 3 N–H and O–H groups in total. The van der Waals surface area contributed by atoms with Crippen LogP contribution in [0, 0.1) is 29.6 Å². The van der Waals surface area contributed by atoms with Gasteiger partial charge in [0.25, 0.3) is 0 Å². The first-order chi connectivity index (χ1) is 20.0. The van der Waals surface area contributed by atoms with Gasteiger partial charge < -0.3 is 24.8 Å². The Bertz CT molecular complexity index is 1410. The van der Waals surface area contributed by atoms with Crippen LogP contribution in [0.25, 0.3) is 6.08 Å². The molecule has 0 aliphatic heterocycles. The summed E-state index contributed by atoms with van der Waals surface area (Å²) in [5.41, 5.74) is 4.28. The Morgan fingerprint density at radius 3 is 2.38 bits per heavy atom. The van der Waals surface area contributed by atoms with Gasteiger partial charge in [-0.1, -0.05) is 48.4 Å². The topological polar surface area (TPSA) is 96.2 Å². The number of carbonyl (C=O) groups excluding carboxylic acids is 1. The second-order valence-corrected chi connectivity index (χ2v) is 12.0. The molecule has 0 saturated heterocycles. The van der Waals surface area contributed by atoms with Gasteiger partial charge in [0.2, 0.25) is 0 Å². The minimum atomic E-state index is -0.359. The van der Waals surface area contributed by atoms with Gasteiger partial charge in [0.05, 0.1) is 14.2 Å². The number of hydrogen-bond acceptors (Lipinski definition) is 6. The van der Waals surface area contributed by atoms with Crippen LogP contribution in [0.2, 0.25) is 0 Å². The molecule has 224 valence electrons. The number of hydrogen-bond donors (Lipinski definition) is 3. The minimum Gasteiger partial charge on any atom is -0.508 e. The van der Waals surface area contributed by atoms with Crippen LogP contribution < -0.4 is 9.47 Å². The molecule has 1 fully saturated rings. The standard InChI is InChI=1S/C36H44O6/c1-21(2)8-7-9-22(3)27-20-28-23(4)16-29(27)36(35(28)25-12-15-31(39)34(18-25)42-6)32(40)19-26(37)13-10-24-11-14-30(38)33(17-24)41-5/h8,10-19,22,27-29,35-39H,7,9,20H2,1-6H3/b13-10+,26-19-/t22-,27+,28?,29?,35-,36+/m0/s1. The highest BCUT2D eigenvalue weighted by Gasteiger charge is 2.51. The normalized spacial score (nSPS) is 24.3. The zero-order valence-corrected chi connectivity index (χ0v) is 25.5. The number of aliphatic hydroxyl groups is 1. The molecule has 6 atom stereocenters. The van der Waals surface area contributed by atoms with E-state index in [1.54, 1.807) is 24.3 Å². The van der Waals surface area contributed by atoms with Crippen molar-refractivity contribution in [3.63, 3.8) is 0 Å². The first-order valence-electron chi connectivity index (χ1n) is 14.7. The number of ketones is 1. The van der Waals surface area contributed by atoms with Crippen LogP contribution in [0.15, 0.2) is 77.6 Å². The Balaban J connectivity index is 1.68. The zero-order valence-electron chi connectivity index (χ0n) is 25.5. The van der Waals surface area contributed by atoms with Crippen LogP contribution in [0.5, 0.6) is 23.0 Å². The van der Waals surface area contributed by atoms with E-state index < -0.39 is 0 Å². The smallest absolute Gasteiger partial charge is 0.163 e. The Labute approximate surface area is 249 Å². The Kier molecular flexibility index (Phi) is 9.87. The summed E-state index contributed by atoms with van der Waals surface area (Å²) < 4.78 is 10.6. The van der Waals surface area contributed by atoms with E-state index in [1.165, 1.54) is 43.6 Å². The maximum Gasteiger partial charge on any atom is 0.163 e. The number of phenols is 2. The molecule has 2 aromatic carbocycles. The molecule has 0 radical (unpaired) electrons. The molecule has 1 saturated carbocycles. The van der Waals surface area contributed by atoms with Crippen molar-refractivity contribution in [1.29, 1.82) is 0 Å². The summed E-state index contributed by atoms with van der Waals surface area (Å²) in [4.78, 5) is 14.1. The second-order valence-electron chi connectivity index (χ2n) is 12.0. The molecule has 6 heteroatoms. The first kappa shape index (κ1) is 31.0. The molecule has 0 aromatic heterocycles. The molecular weight excluding hydrogens is 528 g/mol. The molecule has 2 aromatic rings. The van der Waals surface area contributed by atoms with Gasteiger partial charge in [0, 0.05) is 17.9 Å². The Morgan fingerprint density at radius 1 is 1.05 bits per heavy atom. The van der Waals surface area contributed by atoms with Gasteiger partial charge in [-0.25, -0.2) is 0 Å². The highest BCUT2D eigenvalue weighted by molar-refractivity contribution is 5.94. The molecule has 3 aliphatic carbocycles. The monoisotopic (exact) mass is 572 g/mol. The summed E-state index contributed by atoms with van der Waals surface area (Å²) in [5, 5.41) is 31.0. The number of fused-ring (bicyclic) bond motifs is 2. The fourth-order valence-electron chi connectivity index (χ4n) is 6.91. The van der Waals surface area contributed by atoms with E-state index in [9.17, 15) is 20.1 Å². The molecule has 0 heterocycles. The highest BCUT2D eigenvalue weighted by Crippen LogP contribution is 2.58. The van der Waals surface area contributed by atoms with Gasteiger partial charge in [0.15, 0.2) is 28.8 Å². The third-order valence-corrected chi connectivity index (χ3v) is 9.06. The summed E-state index contributed by atoms with van der Waals surface area (Å²) in [6.07, 6.45) is 12.2. The minimum absolute atomic E-state index is 0.0295. The number of rotatable bonds is 11. The molecular formula is C36H44O6. The van der Waals surface area contributed by atoms with Gasteiger partial charge in [-0.2, -0.15) is 0 Å². The number of benzene rings is 2. The fourth-order valence-corrected chi connectivity index (χ4v) is 6.91. The van der Waals surface area contributed by atoms with E-state index in [1.807, 2.05) is 12.1 Å². The number of carbonyl (C=O) groups is 1. The highest BCUT2D eigenvalue weighted by atomic mass is 16.5.